The summed E-state index contributed by atoms with van der Waals surface area (Å²) < 4.78 is 13.0. The molecule has 1 aromatic rings. The number of nitrogens with two attached hydrogens (primary N) is 2. The minimum Gasteiger partial charge on any atom is -0.395 e. The van der Waals surface area contributed by atoms with Gasteiger partial charge in [0.25, 0.3) is 5.91 Å². The molecule has 70 valence electrons. The van der Waals surface area contributed by atoms with E-state index in [1.54, 1.807) is 22.6 Å². The molecule has 13 heavy (non-hydrogen) atoms. The SMILES string of the molecule is NC(=O)c1nc(I)c(F)c(N)c1Cl. The molecule has 0 saturated heterocycles. The summed E-state index contributed by atoms with van der Waals surface area (Å²) in [5.41, 5.74) is 9.67. The monoisotopic (exact) mass is 315 g/mol. The van der Waals surface area contributed by atoms with E-state index in [9.17, 15) is 9.18 Å². The van der Waals surface area contributed by atoms with Crippen molar-refractivity contribution in [3.8, 4) is 0 Å². The Morgan fingerprint density at radius 1 is 1.62 bits per heavy atom. The van der Waals surface area contributed by atoms with Gasteiger partial charge in [-0.2, -0.15) is 0 Å². The number of halogens is 3. The van der Waals surface area contributed by atoms with E-state index in [2.05, 4.69) is 4.98 Å². The maximum Gasteiger partial charge on any atom is 0.268 e. The summed E-state index contributed by atoms with van der Waals surface area (Å²) in [6.07, 6.45) is 0. The fraction of sp³-hybridized carbons (Fsp3) is 0. The van der Waals surface area contributed by atoms with Gasteiger partial charge in [-0.05, 0) is 22.6 Å². The highest BCUT2D eigenvalue weighted by Gasteiger charge is 2.17. The van der Waals surface area contributed by atoms with Crippen molar-refractivity contribution in [2.45, 2.75) is 0 Å². The minimum absolute atomic E-state index is 0.0340. The topological polar surface area (TPSA) is 82.0 Å². The number of rotatable bonds is 1. The molecule has 0 fully saturated rings. The van der Waals surface area contributed by atoms with Gasteiger partial charge in [0.1, 0.15) is 9.39 Å². The third-order valence-corrected chi connectivity index (χ3v) is 2.40. The zero-order chi connectivity index (χ0) is 10.2. The van der Waals surface area contributed by atoms with E-state index in [0.717, 1.165) is 0 Å². The van der Waals surface area contributed by atoms with Crippen LogP contribution in [0.3, 0.4) is 0 Å². The van der Waals surface area contributed by atoms with Crippen LogP contribution in [0.2, 0.25) is 5.02 Å². The standard InChI is InChI=1S/C6H4ClFIN3O/c7-1-3(10)2(8)5(9)12-4(1)6(11)13/h(H2,10,12)(H2,11,13). The molecule has 0 aliphatic carbocycles. The number of pyridine rings is 1. The summed E-state index contributed by atoms with van der Waals surface area (Å²) in [7, 11) is 0. The van der Waals surface area contributed by atoms with Crippen LogP contribution in [-0.2, 0) is 0 Å². The molecular formula is C6H4ClFIN3O. The smallest absolute Gasteiger partial charge is 0.268 e. The number of carbonyl (C=O) groups excluding carboxylic acids is 1. The lowest BCUT2D eigenvalue weighted by Crippen LogP contribution is -2.16. The molecule has 4 nitrogen and oxygen atoms in total. The Morgan fingerprint density at radius 3 is 2.62 bits per heavy atom. The van der Waals surface area contributed by atoms with Crippen LogP contribution in [0, 0.1) is 9.52 Å². The third kappa shape index (κ3) is 1.83. The normalized spacial score (nSPS) is 10.1. The van der Waals surface area contributed by atoms with Gasteiger partial charge in [0, 0.05) is 0 Å². The van der Waals surface area contributed by atoms with E-state index in [4.69, 9.17) is 23.1 Å². The van der Waals surface area contributed by atoms with E-state index in [0.29, 0.717) is 0 Å². The highest BCUT2D eigenvalue weighted by molar-refractivity contribution is 14.1. The Balaban J connectivity index is 3.50. The maximum atomic E-state index is 13.0. The summed E-state index contributed by atoms with van der Waals surface area (Å²) in [4.78, 5) is 14.3. The van der Waals surface area contributed by atoms with Gasteiger partial charge in [-0.25, -0.2) is 9.37 Å². The van der Waals surface area contributed by atoms with Crippen LogP contribution >= 0.6 is 34.2 Å². The van der Waals surface area contributed by atoms with Crippen LogP contribution in [0.25, 0.3) is 0 Å². The van der Waals surface area contributed by atoms with Crippen LogP contribution in [0.4, 0.5) is 10.1 Å². The molecule has 7 heteroatoms. The molecule has 1 heterocycles. The first-order valence-electron chi connectivity index (χ1n) is 3.05. The lowest BCUT2D eigenvalue weighted by molar-refractivity contribution is 0.0995. The molecule has 0 bridgehead atoms. The Hall–Kier alpha value is -0.630. The first kappa shape index (κ1) is 10.5. The Labute approximate surface area is 91.6 Å². The van der Waals surface area contributed by atoms with Gasteiger partial charge in [0.05, 0.1) is 10.7 Å². The zero-order valence-corrected chi connectivity index (χ0v) is 9.06. The first-order chi connectivity index (χ1) is 5.95. The third-order valence-electron chi connectivity index (χ3n) is 1.31. The van der Waals surface area contributed by atoms with Gasteiger partial charge < -0.3 is 11.5 Å². The highest BCUT2D eigenvalue weighted by Crippen LogP contribution is 2.26. The van der Waals surface area contributed by atoms with Crippen LogP contribution in [0.1, 0.15) is 10.5 Å². The molecule has 0 saturated carbocycles. The molecule has 0 aliphatic rings. The van der Waals surface area contributed by atoms with E-state index in [1.165, 1.54) is 0 Å². The van der Waals surface area contributed by atoms with Crippen molar-refractivity contribution in [3.05, 3.63) is 20.2 Å². The van der Waals surface area contributed by atoms with Crippen molar-refractivity contribution in [2.75, 3.05) is 5.73 Å². The second-order valence-electron chi connectivity index (χ2n) is 2.16. The number of hydrogen-bond acceptors (Lipinski definition) is 3. The average molecular weight is 315 g/mol. The van der Waals surface area contributed by atoms with Crippen molar-refractivity contribution >= 4 is 45.8 Å². The lowest BCUT2D eigenvalue weighted by Gasteiger charge is -2.04. The molecule has 0 spiro atoms. The van der Waals surface area contributed by atoms with Crippen molar-refractivity contribution in [1.82, 2.24) is 4.98 Å². The molecule has 0 aromatic carbocycles. The second kappa shape index (κ2) is 3.62. The summed E-state index contributed by atoms with van der Waals surface area (Å²) >= 11 is 7.13. The van der Waals surface area contributed by atoms with Crippen molar-refractivity contribution in [3.63, 3.8) is 0 Å². The van der Waals surface area contributed by atoms with E-state index < -0.39 is 11.7 Å². The number of carbonyl (C=O) groups is 1. The second-order valence-corrected chi connectivity index (χ2v) is 3.56. The molecule has 0 unspecified atom stereocenters. The van der Waals surface area contributed by atoms with Gasteiger partial charge in [0.2, 0.25) is 0 Å². The van der Waals surface area contributed by atoms with Crippen molar-refractivity contribution in [1.29, 1.82) is 0 Å². The number of aromatic nitrogens is 1. The molecule has 1 amide bonds. The van der Waals surface area contributed by atoms with E-state index >= 15 is 0 Å². The van der Waals surface area contributed by atoms with E-state index in [-0.39, 0.29) is 20.1 Å². The minimum atomic E-state index is -0.838. The van der Waals surface area contributed by atoms with Crippen LogP contribution in [0.5, 0.6) is 0 Å². The molecule has 4 N–H and O–H groups in total. The van der Waals surface area contributed by atoms with Crippen molar-refractivity contribution < 1.29 is 9.18 Å². The van der Waals surface area contributed by atoms with Gasteiger partial charge >= 0.3 is 0 Å². The molecule has 0 aliphatic heterocycles. The number of primary amides is 1. The Morgan fingerprint density at radius 2 is 2.15 bits per heavy atom. The molecule has 0 radical (unpaired) electrons. The fourth-order valence-corrected chi connectivity index (χ4v) is 1.44. The van der Waals surface area contributed by atoms with Crippen LogP contribution in [0.15, 0.2) is 0 Å². The number of hydrogen-bond donors (Lipinski definition) is 2. The molecule has 0 atom stereocenters. The molecule has 1 aromatic heterocycles. The molecular weight excluding hydrogens is 311 g/mol. The van der Waals surface area contributed by atoms with Crippen LogP contribution < -0.4 is 11.5 Å². The zero-order valence-electron chi connectivity index (χ0n) is 6.14. The number of nitrogen functional groups attached to an aromatic ring is 1. The summed E-state index contributed by atoms with van der Waals surface area (Å²) in [6.45, 7) is 0. The van der Waals surface area contributed by atoms with Crippen molar-refractivity contribution in [2.24, 2.45) is 5.73 Å². The summed E-state index contributed by atoms with van der Waals surface area (Å²) in [5, 5.41) is -0.245. The average Bonchev–Trinajstić information content (AvgIpc) is 2.07. The van der Waals surface area contributed by atoms with Gasteiger partial charge in [-0.1, -0.05) is 11.6 Å². The largest absolute Gasteiger partial charge is 0.395 e. The van der Waals surface area contributed by atoms with Gasteiger partial charge in [-0.3, -0.25) is 4.79 Å². The predicted octanol–water partition coefficient (Wildman–Crippen LogP) is 1.16. The van der Waals surface area contributed by atoms with Gasteiger partial charge in [0.15, 0.2) is 5.82 Å². The Bertz CT molecular complexity index is 385. The highest BCUT2D eigenvalue weighted by atomic mass is 127. The van der Waals surface area contributed by atoms with Crippen LogP contribution in [-0.4, -0.2) is 10.9 Å². The summed E-state index contributed by atoms with van der Waals surface area (Å²) in [5.74, 6) is -1.58. The van der Waals surface area contributed by atoms with Gasteiger partial charge in [-0.15, -0.1) is 0 Å². The lowest BCUT2D eigenvalue weighted by atomic mass is 10.3. The van der Waals surface area contributed by atoms with E-state index in [1.807, 2.05) is 0 Å². The number of nitrogens with zero attached hydrogens (tertiary/aromatic N) is 1. The molecule has 1 rings (SSSR count). The number of anilines is 1. The number of amides is 1. The Kier molecular flexibility index (Phi) is 2.91. The quantitative estimate of drug-likeness (QED) is 0.603. The summed E-state index contributed by atoms with van der Waals surface area (Å²) in [6, 6.07) is 0. The fourth-order valence-electron chi connectivity index (χ4n) is 0.695. The predicted molar refractivity (Wildman–Crippen MR) is 54.9 cm³/mol. The maximum absolute atomic E-state index is 13.0. The first-order valence-corrected chi connectivity index (χ1v) is 4.50.